The van der Waals surface area contributed by atoms with Gasteiger partial charge in [-0.15, -0.1) is 0 Å². The average molecular weight is 336 g/mol. The SMILES string of the molecule is CCCn1ncc(C(=O)N2CCc3c([nH]c4ccccc34)[C@H]2C)c1C. The summed E-state index contributed by atoms with van der Waals surface area (Å²) in [6.45, 7) is 7.80. The molecule has 1 aromatic carbocycles. The number of hydrogen-bond donors (Lipinski definition) is 1. The molecule has 0 radical (unpaired) electrons. The normalized spacial score (nSPS) is 17.1. The number of aromatic nitrogens is 3. The first-order valence-corrected chi connectivity index (χ1v) is 9.04. The first-order chi connectivity index (χ1) is 12.1. The number of hydrogen-bond acceptors (Lipinski definition) is 2. The Kier molecular flexibility index (Phi) is 3.86. The second kappa shape index (κ2) is 6.06. The van der Waals surface area contributed by atoms with Gasteiger partial charge >= 0.3 is 0 Å². The van der Waals surface area contributed by atoms with E-state index in [0.29, 0.717) is 0 Å². The number of nitrogens with zero attached hydrogens (tertiary/aromatic N) is 3. The average Bonchev–Trinajstić information content (AvgIpc) is 3.17. The lowest BCUT2D eigenvalue weighted by Gasteiger charge is -2.33. The van der Waals surface area contributed by atoms with E-state index in [9.17, 15) is 4.79 Å². The third-order valence-electron chi connectivity index (χ3n) is 5.36. The van der Waals surface area contributed by atoms with E-state index in [1.807, 2.05) is 22.6 Å². The lowest BCUT2D eigenvalue weighted by molar-refractivity contribution is 0.0674. The summed E-state index contributed by atoms with van der Waals surface area (Å²) in [7, 11) is 0. The highest BCUT2D eigenvalue weighted by Gasteiger charge is 2.32. The van der Waals surface area contributed by atoms with Crippen LogP contribution in [0.1, 0.15) is 53.6 Å². The van der Waals surface area contributed by atoms with E-state index in [1.54, 1.807) is 6.20 Å². The zero-order valence-electron chi connectivity index (χ0n) is 15.0. The molecule has 0 fully saturated rings. The van der Waals surface area contributed by atoms with Crippen molar-refractivity contribution in [3.8, 4) is 0 Å². The highest BCUT2D eigenvalue weighted by molar-refractivity contribution is 5.96. The van der Waals surface area contributed by atoms with Gasteiger partial charge in [-0.05, 0) is 38.3 Å². The van der Waals surface area contributed by atoms with Crippen molar-refractivity contribution >= 4 is 16.8 Å². The van der Waals surface area contributed by atoms with E-state index >= 15 is 0 Å². The standard InChI is InChI=1S/C20H24N4O/c1-4-10-24-13(2)17(12-21-24)20(25)23-11-9-16-15-7-5-6-8-18(15)22-19(16)14(23)3/h5-8,12,14,22H,4,9-11H2,1-3H3/t14-/m1/s1. The maximum Gasteiger partial charge on any atom is 0.257 e. The van der Waals surface area contributed by atoms with Crippen LogP contribution < -0.4 is 0 Å². The molecule has 2 aromatic heterocycles. The molecule has 0 aliphatic carbocycles. The number of amides is 1. The fourth-order valence-electron chi connectivity index (χ4n) is 3.95. The number of benzene rings is 1. The number of aromatic amines is 1. The Bertz CT molecular complexity index is 936. The van der Waals surface area contributed by atoms with Crippen molar-refractivity contribution in [2.45, 2.75) is 46.2 Å². The number of aryl methyl sites for hydroxylation is 1. The molecule has 3 heterocycles. The summed E-state index contributed by atoms with van der Waals surface area (Å²) in [5.74, 6) is 0.0802. The first kappa shape index (κ1) is 15.9. The van der Waals surface area contributed by atoms with Crippen LogP contribution >= 0.6 is 0 Å². The Morgan fingerprint density at radius 3 is 2.96 bits per heavy atom. The number of fused-ring (bicyclic) bond motifs is 3. The lowest BCUT2D eigenvalue weighted by Crippen LogP contribution is -2.39. The predicted octanol–water partition coefficient (Wildman–Crippen LogP) is 3.84. The van der Waals surface area contributed by atoms with Crippen molar-refractivity contribution in [3.63, 3.8) is 0 Å². The molecule has 5 heteroatoms. The number of rotatable bonds is 3. The fraction of sp³-hybridized carbons (Fsp3) is 0.400. The summed E-state index contributed by atoms with van der Waals surface area (Å²) >= 11 is 0. The predicted molar refractivity (Wildman–Crippen MR) is 98.7 cm³/mol. The van der Waals surface area contributed by atoms with Gasteiger partial charge in [-0.25, -0.2) is 0 Å². The summed E-state index contributed by atoms with van der Waals surface area (Å²) in [4.78, 5) is 18.6. The summed E-state index contributed by atoms with van der Waals surface area (Å²) in [6, 6.07) is 8.42. The Morgan fingerprint density at radius 1 is 1.36 bits per heavy atom. The van der Waals surface area contributed by atoms with Crippen molar-refractivity contribution in [3.05, 3.63) is 53.0 Å². The number of para-hydroxylation sites is 1. The van der Waals surface area contributed by atoms with Crippen LogP contribution in [0.15, 0.2) is 30.5 Å². The molecule has 0 bridgehead atoms. The molecule has 0 unspecified atom stereocenters. The van der Waals surface area contributed by atoms with Gasteiger partial charge in [0.2, 0.25) is 0 Å². The second-order valence-corrected chi connectivity index (χ2v) is 6.85. The summed E-state index contributed by atoms with van der Waals surface area (Å²) in [5, 5.41) is 5.67. The minimum absolute atomic E-state index is 0.0394. The minimum Gasteiger partial charge on any atom is -0.356 e. The van der Waals surface area contributed by atoms with Crippen LogP contribution in [0, 0.1) is 6.92 Å². The molecule has 130 valence electrons. The smallest absolute Gasteiger partial charge is 0.257 e. The zero-order chi connectivity index (χ0) is 17.6. The van der Waals surface area contributed by atoms with Gasteiger partial charge in [-0.1, -0.05) is 25.1 Å². The Hall–Kier alpha value is -2.56. The van der Waals surface area contributed by atoms with Crippen LogP contribution in [0.5, 0.6) is 0 Å². The van der Waals surface area contributed by atoms with E-state index < -0.39 is 0 Å². The number of carbonyl (C=O) groups is 1. The van der Waals surface area contributed by atoms with E-state index in [4.69, 9.17) is 0 Å². The van der Waals surface area contributed by atoms with Gasteiger partial charge in [0.1, 0.15) is 0 Å². The van der Waals surface area contributed by atoms with Gasteiger partial charge in [0.25, 0.3) is 5.91 Å². The van der Waals surface area contributed by atoms with E-state index in [-0.39, 0.29) is 11.9 Å². The molecule has 4 rings (SSSR count). The molecular formula is C20H24N4O. The third kappa shape index (κ3) is 2.46. The monoisotopic (exact) mass is 336 g/mol. The Morgan fingerprint density at radius 2 is 2.16 bits per heavy atom. The van der Waals surface area contributed by atoms with Crippen LogP contribution in [0.25, 0.3) is 10.9 Å². The lowest BCUT2D eigenvalue weighted by atomic mass is 9.97. The van der Waals surface area contributed by atoms with Crippen molar-refractivity contribution in [2.75, 3.05) is 6.54 Å². The molecule has 1 aliphatic heterocycles. The quantitative estimate of drug-likeness (QED) is 0.790. The molecule has 25 heavy (non-hydrogen) atoms. The third-order valence-corrected chi connectivity index (χ3v) is 5.36. The maximum atomic E-state index is 13.1. The second-order valence-electron chi connectivity index (χ2n) is 6.85. The summed E-state index contributed by atoms with van der Waals surface area (Å²) < 4.78 is 1.93. The van der Waals surface area contributed by atoms with Crippen LogP contribution in [-0.4, -0.2) is 32.1 Å². The van der Waals surface area contributed by atoms with Gasteiger partial charge in [-0.2, -0.15) is 5.10 Å². The molecule has 1 aliphatic rings. The number of H-pyrrole nitrogens is 1. The molecular weight excluding hydrogens is 312 g/mol. The van der Waals surface area contributed by atoms with Crippen molar-refractivity contribution in [1.82, 2.24) is 19.7 Å². The maximum absolute atomic E-state index is 13.1. The molecule has 0 saturated heterocycles. The van der Waals surface area contributed by atoms with Gasteiger partial charge in [0, 0.05) is 35.4 Å². The van der Waals surface area contributed by atoms with Gasteiger partial charge < -0.3 is 9.88 Å². The minimum atomic E-state index is 0.0394. The zero-order valence-corrected chi connectivity index (χ0v) is 15.0. The van der Waals surface area contributed by atoms with Crippen LogP contribution in [0.3, 0.4) is 0 Å². The Labute approximate surface area is 147 Å². The molecule has 5 nitrogen and oxygen atoms in total. The highest BCUT2D eigenvalue weighted by Crippen LogP contribution is 2.35. The van der Waals surface area contributed by atoms with Crippen LogP contribution in [0.2, 0.25) is 0 Å². The van der Waals surface area contributed by atoms with Gasteiger partial charge in [-0.3, -0.25) is 9.48 Å². The van der Waals surface area contributed by atoms with E-state index in [1.165, 1.54) is 16.6 Å². The van der Waals surface area contributed by atoms with E-state index in [2.05, 4.69) is 42.1 Å². The van der Waals surface area contributed by atoms with Crippen LogP contribution in [0.4, 0.5) is 0 Å². The first-order valence-electron chi connectivity index (χ1n) is 9.04. The number of nitrogens with one attached hydrogen (secondary N) is 1. The van der Waals surface area contributed by atoms with Gasteiger partial charge in [0.05, 0.1) is 17.8 Å². The molecule has 1 amide bonds. The molecule has 1 atom stereocenters. The molecule has 3 aromatic rings. The molecule has 1 N–H and O–H groups in total. The van der Waals surface area contributed by atoms with Crippen LogP contribution in [-0.2, 0) is 13.0 Å². The number of carbonyl (C=O) groups excluding carboxylic acids is 1. The fourth-order valence-corrected chi connectivity index (χ4v) is 3.95. The van der Waals surface area contributed by atoms with E-state index in [0.717, 1.165) is 42.7 Å². The summed E-state index contributed by atoms with van der Waals surface area (Å²) in [5.41, 5.74) is 5.35. The molecule has 0 spiro atoms. The topological polar surface area (TPSA) is 53.9 Å². The molecule has 0 saturated carbocycles. The van der Waals surface area contributed by atoms with Gasteiger partial charge in [0.15, 0.2) is 0 Å². The summed E-state index contributed by atoms with van der Waals surface area (Å²) in [6.07, 6.45) is 3.62. The largest absolute Gasteiger partial charge is 0.356 e. The van der Waals surface area contributed by atoms with Crippen molar-refractivity contribution in [1.29, 1.82) is 0 Å². The van der Waals surface area contributed by atoms with Crippen molar-refractivity contribution < 1.29 is 4.79 Å². The highest BCUT2D eigenvalue weighted by atomic mass is 16.2. The Balaban J connectivity index is 1.67. The van der Waals surface area contributed by atoms with Crippen molar-refractivity contribution in [2.24, 2.45) is 0 Å².